The maximum atomic E-state index is 11.4. The zero-order valence-electron chi connectivity index (χ0n) is 7.20. The minimum atomic E-state index is -3.34. The van der Waals surface area contributed by atoms with Crippen LogP contribution in [-0.4, -0.2) is 36.8 Å². The summed E-state index contributed by atoms with van der Waals surface area (Å²) in [5.74, 6) is 0.593. The molecule has 0 atom stereocenters. The number of aromatic nitrogens is 2. The molecule has 0 unspecified atom stereocenters. The molecule has 1 aromatic rings. The monoisotopic (exact) mass is 189 g/mol. The first-order valence-electron chi connectivity index (χ1n) is 3.38. The third kappa shape index (κ3) is 1.49. The van der Waals surface area contributed by atoms with Crippen molar-refractivity contribution in [2.45, 2.75) is 11.9 Å². The van der Waals surface area contributed by atoms with Crippen molar-refractivity contribution in [2.75, 3.05) is 14.1 Å². The Balaban J connectivity index is 3.15. The van der Waals surface area contributed by atoms with Crippen molar-refractivity contribution in [3.8, 4) is 0 Å². The molecule has 0 fully saturated rings. The largest absolute Gasteiger partial charge is 0.332 e. The van der Waals surface area contributed by atoms with Gasteiger partial charge in [-0.2, -0.15) is 0 Å². The number of hydrogen-bond acceptors (Lipinski definition) is 3. The molecule has 0 saturated carbocycles. The maximum absolute atomic E-state index is 11.4. The van der Waals surface area contributed by atoms with Crippen LogP contribution in [-0.2, 0) is 10.0 Å². The first-order chi connectivity index (χ1) is 5.44. The van der Waals surface area contributed by atoms with E-state index < -0.39 is 10.0 Å². The Morgan fingerprint density at radius 3 is 2.42 bits per heavy atom. The normalized spacial score (nSPS) is 12.3. The van der Waals surface area contributed by atoms with Gasteiger partial charge in [0.05, 0.1) is 6.20 Å². The van der Waals surface area contributed by atoms with Gasteiger partial charge in [-0.3, -0.25) is 0 Å². The van der Waals surface area contributed by atoms with Crippen LogP contribution in [0, 0.1) is 6.92 Å². The van der Waals surface area contributed by atoms with Gasteiger partial charge in [0.1, 0.15) is 5.82 Å². The molecule has 68 valence electrons. The van der Waals surface area contributed by atoms with Crippen molar-refractivity contribution in [2.24, 2.45) is 0 Å². The van der Waals surface area contributed by atoms with Gasteiger partial charge in [-0.1, -0.05) is 0 Å². The topological polar surface area (TPSA) is 66.1 Å². The van der Waals surface area contributed by atoms with Gasteiger partial charge in [0.2, 0.25) is 0 Å². The summed E-state index contributed by atoms with van der Waals surface area (Å²) in [5.41, 5.74) is 0. The quantitative estimate of drug-likeness (QED) is 0.710. The van der Waals surface area contributed by atoms with Crippen LogP contribution < -0.4 is 0 Å². The van der Waals surface area contributed by atoms with Crippen molar-refractivity contribution in [1.29, 1.82) is 0 Å². The van der Waals surface area contributed by atoms with Crippen molar-refractivity contribution < 1.29 is 8.42 Å². The third-order valence-electron chi connectivity index (χ3n) is 1.44. The minimum Gasteiger partial charge on any atom is -0.332 e. The van der Waals surface area contributed by atoms with E-state index >= 15 is 0 Å². The highest BCUT2D eigenvalue weighted by atomic mass is 32.2. The Kier molecular flexibility index (Phi) is 2.20. The summed E-state index contributed by atoms with van der Waals surface area (Å²) in [5, 5.41) is 0.130. The first kappa shape index (κ1) is 9.21. The second kappa shape index (κ2) is 2.87. The highest BCUT2D eigenvalue weighted by Crippen LogP contribution is 2.08. The first-order valence-corrected chi connectivity index (χ1v) is 4.83. The molecule has 12 heavy (non-hydrogen) atoms. The summed E-state index contributed by atoms with van der Waals surface area (Å²) in [6.07, 6.45) is 1.31. The van der Waals surface area contributed by atoms with E-state index in [1.54, 1.807) is 6.92 Å². The lowest BCUT2D eigenvalue weighted by molar-refractivity contribution is 0.517. The zero-order chi connectivity index (χ0) is 9.35. The lowest BCUT2D eigenvalue weighted by Crippen LogP contribution is -2.22. The summed E-state index contributed by atoms with van der Waals surface area (Å²) in [7, 11) is -0.385. The third-order valence-corrected chi connectivity index (χ3v) is 3.16. The second-order valence-corrected chi connectivity index (χ2v) is 4.74. The number of hydrogen-bond donors (Lipinski definition) is 1. The molecule has 1 rings (SSSR count). The highest BCUT2D eigenvalue weighted by Gasteiger charge is 2.18. The van der Waals surface area contributed by atoms with Gasteiger partial charge in [0, 0.05) is 14.1 Å². The molecule has 1 N–H and O–H groups in total. The van der Waals surface area contributed by atoms with E-state index in [-0.39, 0.29) is 5.03 Å². The van der Waals surface area contributed by atoms with E-state index in [1.165, 1.54) is 20.3 Å². The number of imidazole rings is 1. The molecule has 0 bridgehead atoms. The van der Waals surface area contributed by atoms with E-state index in [2.05, 4.69) is 9.97 Å². The molecular weight excluding hydrogens is 178 g/mol. The fourth-order valence-corrected chi connectivity index (χ4v) is 1.58. The van der Waals surface area contributed by atoms with E-state index in [4.69, 9.17) is 0 Å². The fourth-order valence-electron chi connectivity index (χ4n) is 0.726. The van der Waals surface area contributed by atoms with Crippen molar-refractivity contribution in [3.63, 3.8) is 0 Å². The van der Waals surface area contributed by atoms with Gasteiger partial charge in [-0.15, -0.1) is 0 Å². The molecule has 0 aliphatic carbocycles. The Labute approximate surface area is 71.5 Å². The van der Waals surface area contributed by atoms with Crippen molar-refractivity contribution in [1.82, 2.24) is 14.3 Å². The predicted molar refractivity (Wildman–Crippen MR) is 44.2 cm³/mol. The molecular formula is C6H11N3O2S. The van der Waals surface area contributed by atoms with Crippen LogP contribution in [0.5, 0.6) is 0 Å². The molecule has 0 aliphatic rings. The number of aryl methyl sites for hydroxylation is 1. The maximum Gasteiger partial charge on any atom is 0.259 e. The van der Waals surface area contributed by atoms with Crippen LogP contribution in [0.2, 0.25) is 0 Å². The lowest BCUT2D eigenvalue weighted by Gasteiger charge is -2.07. The van der Waals surface area contributed by atoms with E-state index in [0.29, 0.717) is 5.82 Å². The Hall–Kier alpha value is -0.880. The number of aromatic amines is 1. The summed E-state index contributed by atoms with van der Waals surface area (Å²) < 4.78 is 23.9. The van der Waals surface area contributed by atoms with Crippen LogP contribution in [0.3, 0.4) is 0 Å². The number of rotatable bonds is 2. The van der Waals surface area contributed by atoms with Crippen LogP contribution in [0.25, 0.3) is 0 Å². The smallest absolute Gasteiger partial charge is 0.259 e. The molecule has 0 saturated heterocycles. The van der Waals surface area contributed by atoms with Crippen molar-refractivity contribution >= 4 is 10.0 Å². The number of sulfonamides is 1. The van der Waals surface area contributed by atoms with E-state index in [1.807, 2.05) is 0 Å². The van der Waals surface area contributed by atoms with Gasteiger partial charge in [-0.05, 0) is 6.92 Å². The van der Waals surface area contributed by atoms with Crippen LogP contribution >= 0.6 is 0 Å². The summed E-state index contributed by atoms with van der Waals surface area (Å²) in [6.45, 7) is 1.70. The van der Waals surface area contributed by atoms with Gasteiger partial charge >= 0.3 is 0 Å². The molecule has 0 amide bonds. The van der Waals surface area contributed by atoms with Crippen LogP contribution in [0.4, 0.5) is 0 Å². The molecule has 0 spiro atoms. The number of nitrogens with zero attached hydrogens (tertiary/aromatic N) is 2. The standard InChI is InChI=1S/C6H11N3O2S/c1-5-7-4-6(8-5)12(10,11)9(2)3/h4H,1-3H3,(H,7,8). The molecule has 5 nitrogen and oxygen atoms in total. The number of nitrogens with one attached hydrogen (secondary N) is 1. The average molecular weight is 189 g/mol. The van der Waals surface area contributed by atoms with Gasteiger partial charge in [0.25, 0.3) is 10.0 Å². The SMILES string of the molecule is Cc1ncc(S(=O)(=O)N(C)C)[nH]1. The Morgan fingerprint density at radius 1 is 1.50 bits per heavy atom. The van der Waals surface area contributed by atoms with Crippen LogP contribution in [0.1, 0.15) is 5.82 Å². The molecule has 6 heteroatoms. The second-order valence-electron chi connectivity index (χ2n) is 2.62. The van der Waals surface area contributed by atoms with Gasteiger partial charge < -0.3 is 4.98 Å². The summed E-state index contributed by atoms with van der Waals surface area (Å²) in [4.78, 5) is 6.46. The average Bonchev–Trinajstić information content (AvgIpc) is 2.35. The van der Waals surface area contributed by atoms with E-state index in [0.717, 1.165) is 4.31 Å². The molecule has 1 aromatic heterocycles. The van der Waals surface area contributed by atoms with Crippen molar-refractivity contribution in [3.05, 3.63) is 12.0 Å². The van der Waals surface area contributed by atoms with Crippen LogP contribution in [0.15, 0.2) is 11.2 Å². The van der Waals surface area contributed by atoms with E-state index in [9.17, 15) is 8.42 Å². The highest BCUT2D eigenvalue weighted by molar-refractivity contribution is 7.89. The molecule has 0 radical (unpaired) electrons. The molecule has 1 heterocycles. The summed E-state index contributed by atoms with van der Waals surface area (Å²) >= 11 is 0. The number of H-pyrrole nitrogens is 1. The predicted octanol–water partition coefficient (Wildman–Crippen LogP) is -0.0316. The molecule has 0 aliphatic heterocycles. The van der Waals surface area contributed by atoms with Gasteiger partial charge in [-0.25, -0.2) is 17.7 Å². The zero-order valence-corrected chi connectivity index (χ0v) is 8.01. The summed E-state index contributed by atoms with van der Waals surface area (Å²) in [6, 6.07) is 0. The van der Waals surface area contributed by atoms with Gasteiger partial charge in [0.15, 0.2) is 5.03 Å². The lowest BCUT2D eigenvalue weighted by atomic mass is 10.8. The minimum absolute atomic E-state index is 0.130. The Bertz CT molecular complexity index is 366. The molecule has 0 aromatic carbocycles. The fraction of sp³-hybridized carbons (Fsp3) is 0.500. The Morgan fingerprint density at radius 2 is 2.08 bits per heavy atom.